The molecule has 0 fully saturated rings. The van der Waals surface area contributed by atoms with Crippen molar-refractivity contribution < 1.29 is 14.3 Å². The molecule has 0 unspecified atom stereocenters. The lowest BCUT2D eigenvalue weighted by molar-refractivity contribution is -0.113. The van der Waals surface area contributed by atoms with Crippen molar-refractivity contribution in [3.05, 3.63) is 59.9 Å². The van der Waals surface area contributed by atoms with Gasteiger partial charge in [-0.15, -0.1) is 0 Å². The fourth-order valence-corrected chi connectivity index (χ4v) is 5.84. The number of thioether (sulfide) groups is 1. The predicted molar refractivity (Wildman–Crippen MR) is 128 cm³/mol. The molecule has 6 rings (SSSR count). The zero-order chi connectivity index (χ0) is 22.2. The van der Waals surface area contributed by atoms with E-state index in [0.29, 0.717) is 22.8 Å². The molecule has 0 atom stereocenters. The molecule has 166 valence electrons. The maximum atomic E-state index is 12.5. The summed E-state index contributed by atoms with van der Waals surface area (Å²) >= 11 is 2.97. The van der Waals surface area contributed by atoms with E-state index in [2.05, 4.69) is 44.5 Å². The predicted octanol–water partition coefficient (Wildman–Crippen LogP) is 4.11. The van der Waals surface area contributed by atoms with Crippen LogP contribution in [0.25, 0.3) is 10.3 Å². The second-order valence-electron chi connectivity index (χ2n) is 7.67. The molecule has 8 nitrogen and oxygen atoms in total. The zero-order valence-electron chi connectivity index (χ0n) is 17.5. The van der Waals surface area contributed by atoms with Gasteiger partial charge in [0.2, 0.25) is 12.7 Å². The monoisotopic (exact) mass is 477 g/mol. The van der Waals surface area contributed by atoms with Gasteiger partial charge < -0.3 is 19.7 Å². The van der Waals surface area contributed by atoms with Gasteiger partial charge >= 0.3 is 0 Å². The summed E-state index contributed by atoms with van der Waals surface area (Å²) in [5.74, 6) is 1.42. The average molecular weight is 478 g/mol. The maximum absolute atomic E-state index is 12.5. The molecular formula is C23H19N5O3S2. The highest BCUT2D eigenvalue weighted by Gasteiger charge is 2.21. The molecule has 4 aromatic rings. The number of aromatic nitrogens is 3. The summed E-state index contributed by atoms with van der Waals surface area (Å²) in [5.41, 5.74) is 4.08. The Morgan fingerprint density at radius 1 is 1.12 bits per heavy atom. The number of hydrogen-bond acceptors (Lipinski definition) is 9. The molecule has 2 aromatic carbocycles. The van der Waals surface area contributed by atoms with Crippen molar-refractivity contribution in [2.45, 2.75) is 18.0 Å². The standard InChI is InChI=1S/C23H19N5O3S2/c29-19(26-16-5-6-17-18(9-16)31-13-30-17)11-32-22-20-21(24-12-25-22)27-23(33-20)28-8-7-14-3-1-2-4-15(14)10-28/h1-6,9,12H,7-8,10-11,13H2,(H,26,29). The van der Waals surface area contributed by atoms with E-state index in [1.165, 1.54) is 29.2 Å². The Hall–Kier alpha value is -3.37. The number of carbonyl (C=O) groups excluding carboxylic acids is 1. The van der Waals surface area contributed by atoms with E-state index in [1.807, 2.05) is 0 Å². The molecule has 0 bridgehead atoms. The first-order valence-corrected chi connectivity index (χ1v) is 12.3. The van der Waals surface area contributed by atoms with Crippen molar-refractivity contribution >= 4 is 50.2 Å². The summed E-state index contributed by atoms with van der Waals surface area (Å²) in [6.45, 7) is 1.96. The molecule has 1 N–H and O–H groups in total. The molecule has 0 saturated carbocycles. The van der Waals surface area contributed by atoms with E-state index in [4.69, 9.17) is 14.5 Å². The lowest BCUT2D eigenvalue weighted by Gasteiger charge is -2.28. The molecule has 2 aromatic heterocycles. The molecule has 0 spiro atoms. The van der Waals surface area contributed by atoms with Gasteiger partial charge in [0, 0.05) is 24.8 Å². The minimum absolute atomic E-state index is 0.122. The van der Waals surface area contributed by atoms with Gasteiger partial charge in [-0.2, -0.15) is 4.98 Å². The van der Waals surface area contributed by atoms with Crippen LogP contribution in [0.15, 0.2) is 53.8 Å². The summed E-state index contributed by atoms with van der Waals surface area (Å²) in [5, 5.41) is 4.60. The molecule has 2 aliphatic heterocycles. The minimum atomic E-state index is -0.122. The number of anilines is 2. The molecule has 0 saturated heterocycles. The molecule has 4 heterocycles. The second-order valence-corrected chi connectivity index (χ2v) is 9.61. The summed E-state index contributed by atoms with van der Waals surface area (Å²) in [4.78, 5) is 28.3. The SMILES string of the molecule is O=C(CSc1ncnc2nc(N3CCc4ccccc4C3)sc12)Nc1ccc2c(c1)OCO2. The fourth-order valence-electron chi connectivity index (χ4n) is 3.92. The van der Waals surface area contributed by atoms with Crippen molar-refractivity contribution in [2.75, 3.05) is 29.3 Å². The molecular weight excluding hydrogens is 458 g/mol. The van der Waals surface area contributed by atoms with E-state index in [0.717, 1.165) is 34.4 Å². The summed E-state index contributed by atoms with van der Waals surface area (Å²) in [7, 11) is 0. The number of rotatable bonds is 5. The number of hydrogen-bond donors (Lipinski definition) is 1. The van der Waals surface area contributed by atoms with Crippen molar-refractivity contribution in [1.82, 2.24) is 15.0 Å². The Balaban J connectivity index is 1.15. The van der Waals surface area contributed by atoms with Gasteiger partial charge in [0.1, 0.15) is 16.1 Å². The minimum Gasteiger partial charge on any atom is -0.454 e. The van der Waals surface area contributed by atoms with E-state index in [-0.39, 0.29) is 18.5 Å². The van der Waals surface area contributed by atoms with Crippen molar-refractivity contribution in [2.24, 2.45) is 0 Å². The fraction of sp³-hybridized carbons (Fsp3) is 0.217. The van der Waals surface area contributed by atoms with Crippen LogP contribution in [0.2, 0.25) is 0 Å². The van der Waals surface area contributed by atoms with Gasteiger partial charge in [0.05, 0.1) is 5.75 Å². The zero-order valence-corrected chi connectivity index (χ0v) is 19.1. The topological polar surface area (TPSA) is 89.5 Å². The molecule has 2 aliphatic rings. The van der Waals surface area contributed by atoms with Crippen LogP contribution >= 0.6 is 23.1 Å². The van der Waals surface area contributed by atoms with E-state index >= 15 is 0 Å². The van der Waals surface area contributed by atoms with Gasteiger partial charge in [0.15, 0.2) is 22.3 Å². The smallest absolute Gasteiger partial charge is 0.234 e. The first-order chi connectivity index (χ1) is 16.2. The lowest BCUT2D eigenvalue weighted by atomic mass is 10.0. The highest BCUT2D eigenvalue weighted by atomic mass is 32.2. The van der Waals surface area contributed by atoms with Crippen LogP contribution in [-0.2, 0) is 17.8 Å². The Bertz CT molecular complexity index is 1360. The third kappa shape index (κ3) is 4.07. The lowest BCUT2D eigenvalue weighted by Crippen LogP contribution is -2.30. The first kappa shape index (κ1) is 20.3. The third-order valence-electron chi connectivity index (χ3n) is 5.54. The van der Waals surface area contributed by atoms with Gasteiger partial charge in [-0.3, -0.25) is 4.79 Å². The van der Waals surface area contributed by atoms with E-state index < -0.39 is 0 Å². The highest BCUT2D eigenvalue weighted by molar-refractivity contribution is 8.00. The van der Waals surface area contributed by atoms with Crippen LogP contribution < -0.4 is 19.7 Å². The van der Waals surface area contributed by atoms with Crippen LogP contribution in [0, 0.1) is 0 Å². The van der Waals surface area contributed by atoms with E-state index in [1.54, 1.807) is 29.5 Å². The highest BCUT2D eigenvalue weighted by Crippen LogP contribution is 2.36. The Morgan fingerprint density at radius 2 is 2.00 bits per heavy atom. The van der Waals surface area contributed by atoms with Crippen LogP contribution in [0.1, 0.15) is 11.1 Å². The Morgan fingerprint density at radius 3 is 2.94 bits per heavy atom. The van der Waals surface area contributed by atoms with Gasteiger partial charge in [-0.25, -0.2) is 9.97 Å². The molecule has 33 heavy (non-hydrogen) atoms. The number of carbonyl (C=O) groups is 1. The largest absolute Gasteiger partial charge is 0.454 e. The summed E-state index contributed by atoms with van der Waals surface area (Å²) < 4.78 is 11.6. The van der Waals surface area contributed by atoms with Crippen molar-refractivity contribution in [3.63, 3.8) is 0 Å². The van der Waals surface area contributed by atoms with Gasteiger partial charge in [-0.1, -0.05) is 47.4 Å². The average Bonchev–Trinajstić information content (AvgIpc) is 3.49. The number of ether oxygens (including phenoxy) is 2. The second kappa shape index (κ2) is 8.53. The number of nitrogens with zero attached hydrogens (tertiary/aromatic N) is 4. The Labute approximate surface area is 198 Å². The molecule has 1 amide bonds. The van der Waals surface area contributed by atoms with Crippen LogP contribution in [0.5, 0.6) is 11.5 Å². The van der Waals surface area contributed by atoms with Crippen molar-refractivity contribution in [1.29, 1.82) is 0 Å². The summed E-state index contributed by atoms with van der Waals surface area (Å²) in [6, 6.07) is 13.9. The number of fused-ring (bicyclic) bond motifs is 3. The van der Waals surface area contributed by atoms with E-state index in [9.17, 15) is 4.79 Å². The number of benzene rings is 2. The normalized spacial score (nSPS) is 14.4. The van der Waals surface area contributed by atoms with Crippen LogP contribution in [-0.4, -0.2) is 39.9 Å². The summed E-state index contributed by atoms with van der Waals surface area (Å²) in [6.07, 6.45) is 2.51. The van der Waals surface area contributed by atoms with Gasteiger partial charge in [-0.05, 0) is 29.7 Å². The molecule has 0 radical (unpaired) electrons. The van der Waals surface area contributed by atoms with Crippen LogP contribution in [0.4, 0.5) is 10.8 Å². The van der Waals surface area contributed by atoms with Crippen molar-refractivity contribution in [3.8, 4) is 11.5 Å². The third-order valence-corrected chi connectivity index (χ3v) is 7.78. The Kier molecular flexibility index (Phi) is 5.23. The molecule has 0 aliphatic carbocycles. The van der Waals surface area contributed by atoms with Gasteiger partial charge in [0.25, 0.3) is 0 Å². The number of nitrogens with one attached hydrogen (secondary N) is 1. The number of thiazole rings is 1. The number of amides is 1. The molecule has 10 heteroatoms. The quantitative estimate of drug-likeness (QED) is 0.339. The first-order valence-electron chi connectivity index (χ1n) is 10.5. The maximum Gasteiger partial charge on any atom is 0.234 e. The van der Waals surface area contributed by atoms with Crippen LogP contribution in [0.3, 0.4) is 0 Å².